The quantitative estimate of drug-likeness (QED) is 0.663. The molecule has 0 heterocycles. The highest BCUT2D eigenvalue weighted by molar-refractivity contribution is 6.30. The molecule has 0 aromatic heterocycles. The van der Waals surface area contributed by atoms with Crippen LogP contribution in [0.3, 0.4) is 0 Å². The molecule has 3 atom stereocenters. The highest BCUT2D eigenvalue weighted by Gasteiger charge is 2.25. The van der Waals surface area contributed by atoms with Gasteiger partial charge in [-0.15, -0.1) is 0 Å². The Balaban J connectivity index is 2.64. The molecule has 0 aliphatic rings. The van der Waals surface area contributed by atoms with Crippen LogP contribution in [0.1, 0.15) is 25.5 Å². The standard InChI is InChI=1S/C13H17ClN2O4/c1-7(9-4-3-5-10(14)6-9)15-13(20)16-11(8(2)17)12(18)19/h3-8,11,17H,1-2H3,(H,18,19)(H2,15,16,20). The average molecular weight is 301 g/mol. The molecule has 1 rings (SSSR count). The fraction of sp³-hybridized carbons (Fsp3) is 0.385. The second-order valence-corrected chi connectivity index (χ2v) is 4.89. The maximum atomic E-state index is 11.7. The van der Waals surface area contributed by atoms with Gasteiger partial charge in [0.2, 0.25) is 0 Å². The van der Waals surface area contributed by atoms with Gasteiger partial charge < -0.3 is 20.8 Å². The first kappa shape index (κ1) is 16.3. The molecule has 1 aromatic carbocycles. The van der Waals surface area contributed by atoms with Crippen LogP contribution >= 0.6 is 11.6 Å². The second-order valence-electron chi connectivity index (χ2n) is 4.45. The SMILES string of the molecule is CC(NC(=O)NC(C(=O)O)C(C)O)c1cccc(Cl)c1. The third-order valence-corrected chi connectivity index (χ3v) is 2.97. The number of aliphatic hydroxyl groups excluding tert-OH is 1. The van der Waals surface area contributed by atoms with Gasteiger partial charge in [0.1, 0.15) is 0 Å². The molecule has 1 aromatic rings. The molecule has 0 saturated heterocycles. The van der Waals surface area contributed by atoms with Crippen molar-refractivity contribution in [1.82, 2.24) is 10.6 Å². The van der Waals surface area contributed by atoms with E-state index in [-0.39, 0.29) is 6.04 Å². The highest BCUT2D eigenvalue weighted by Crippen LogP contribution is 2.17. The zero-order valence-electron chi connectivity index (χ0n) is 11.1. The van der Waals surface area contributed by atoms with Crippen LogP contribution in [-0.2, 0) is 4.79 Å². The number of rotatable bonds is 5. The third-order valence-electron chi connectivity index (χ3n) is 2.73. The van der Waals surface area contributed by atoms with Crippen molar-refractivity contribution in [1.29, 1.82) is 0 Å². The van der Waals surface area contributed by atoms with Gasteiger partial charge in [0.25, 0.3) is 0 Å². The van der Waals surface area contributed by atoms with Crippen molar-refractivity contribution in [3.63, 3.8) is 0 Å². The van der Waals surface area contributed by atoms with E-state index in [2.05, 4.69) is 10.6 Å². The summed E-state index contributed by atoms with van der Waals surface area (Å²) in [5.74, 6) is -1.30. The fourth-order valence-corrected chi connectivity index (χ4v) is 1.83. The number of aliphatic carboxylic acids is 1. The zero-order chi connectivity index (χ0) is 15.3. The number of carboxylic acids is 1. The number of urea groups is 1. The first-order valence-corrected chi connectivity index (χ1v) is 6.42. The van der Waals surface area contributed by atoms with Crippen LogP contribution in [-0.4, -0.2) is 34.4 Å². The Morgan fingerprint density at radius 2 is 1.90 bits per heavy atom. The summed E-state index contributed by atoms with van der Waals surface area (Å²) in [5.41, 5.74) is 0.788. The second kappa shape index (κ2) is 7.12. The molecule has 7 heteroatoms. The number of amides is 2. The number of benzene rings is 1. The Morgan fingerprint density at radius 1 is 1.25 bits per heavy atom. The first-order chi connectivity index (χ1) is 9.31. The monoisotopic (exact) mass is 300 g/mol. The molecule has 0 radical (unpaired) electrons. The number of carbonyl (C=O) groups is 2. The molecule has 3 unspecified atom stereocenters. The van der Waals surface area contributed by atoms with E-state index in [1.165, 1.54) is 6.92 Å². The Hall–Kier alpha value is -1.79. The van der Waals surface area contributed by atoms with Crippen LogP contribution in [0.25, 0.3) is 0 Å². The molecule has 0 aliphatic carbocycles. The molecule has 20 heavy (non-hydrogen) atoms. The first-order valence-electron chi connectivity index (χ1n) is 6.04. The van der Waals surface area contributed by atoms with E-state index < -0.39 is 24.1 Å². The van der Waals surface area contributed by atoms with Crippen LogP contribution in [0.15, 0.2) is 24.3 Å². The van der Waals surface area contributed by atoms with Crippen LogP contribution in [0.4, 0.5) is 4.79 Å². The van der Waals surface area contributed by atoms with E-state index >= 15 is 0 Å². The molecule has 0 fully saturated rings. The van der Waals surface area contributed by atoms with E-state index in [0.717, 1.165) is 5.56 Å². The van der Waals surface area contributed by atoms with Crippen molar-refractivity contribution < 1.29 is 19.8 Å². The molecule has 0 aliphatic heterocycles. The average Bonchev–Trinajstić information content (AvgIpc) is 2.35. The Kier molecular flexibility index (Phi) is 5.79. The number of aliphatic hydroxyl groups is 1. The molecule has 0 saturated carbocycles. The molecule has 4 N–H and O–H groups in total. The molecular formula is C13H17ClN2O4. The molecule has 110 valence electrons. The lowest BCUT2D eigenvalue weighted by atomic mass is 10.1. The van der Waals surface area contributed by atoms with Gasteiger partial charge in [-0.3, -0.25) is 0 Å². The van der Waals surface area contributed by atoms with Crippen molar-refractivity contribution in [3.8, 4) is 0 Å². The summed E-state index contributed by atoms with van der Waals surface area (Å²) in [6, 6.07) is 4.58. The van der Waals surface area contributed by atoms with Gasteiger partial charge in [-0.1, -0.05) is 23.7 Å². The van der Waals surface area contributed by atoms with Gasteiger partial charge in [0, 0.05) is 5.02 Å². The minimum atomic E-state index is -1.36. The zero-order valence-corrected chi connectivity index (χ0v) is 11.9. The normalized spacial score (nSPS) is 15.0. The minimum absolute atomic E-state index is 0.350. The van der Waals surface area contributed by atoms with E-state index in [9.17, 15) is 14.7 Å². The summed E-state index contributed by atoms with van der Waals surface area (Å²) in [6.45, 7) is 3.03. The summed E-state index contributed by atoms with van der Waals surface area (Å²) in [5, 5.41) is 23.5. The van der Waals surface area contributed by atoms with Crippen LogP contribution < -0.4 is 10.6 Å². The molecule has 0 spiro atoms. The van der Waals surface area contributed by atoms with Gasteiger partial charge in [0.15, 0.2) is 6.04 Å². The maximum absolute atomic E-state index is 11.7. The Morgan fingerprint density at radius 3 is 2.40 bits per heavy atom. The van der Waals surface area contributed by atoms with Gasteiger partial charge in [-0.05, 0) is 31.5 Å². The smallest absolute Gasteiger partial charge is 0.328 e. The predicted octanol–water partition coefficient (Wildman–Crippen LogP) is 1.53. The summed E-state index contributed by atoms with van der Waals surface area (Å²) in [4.78, 5) is 22.6. The summed E-state index contributed by atoms with van der Waals surface area (Å²) in [7, 11) is 0. The maximum Gasteiger partial charge on any atom is 0.328 e. The van der Waals surface area contributed by atoms with E-state index in [1.807, 2.05) is 0 Å². The van der Waals surface area contributed by atoms with E-state index in [4.69, 9.17) is 16.7 Å². The van der Waals surface area contributed by atoms with Crippen molar-refractivity contribution in [2.75, 3.05) is 0 Å². The lowest BCUT2D eigenvalue weighted by molar-refractivity contribution is -0.141. The Labute approximate surface area is 121 Å². The van der Waals surface area contributed by atoms with E-state index in [1.54, 1.807) is 31.2 Å². The predicted molar refractivity (Wildman–Crippen MR) is 74.6 cm³/mol. The van der Waals surface area contributed by atoms with Crippen molar-refractivity contribution in [3.05, 3.63) is 34.9 Å². The largest absolute Gasteiger partial charge is 0.480 e. The van der Waals surface area contributed by atoms with Crippen molar-refractivity contribution >= 4 is 23.6 Å². The number of carboxylic acid groups (broad SMARTS) is 1. The molecular weight excluding hydrogens is 284 g/mol. The number of nitrogens with one attached hydrogen (secondary N) is 2. The number of carbonyl (C=O) groups excluding carboxylic acids is 1. The summed E-state index contributed by atoms with van der Waals surface area (Å²) < 4.78 is 0. The summed E-state index contributed by atoms with van der Waals surface area (Å²) in [6.07, 6.45) is -1.19. The lowest BCUT2D eigenvalue weighted by Crippen LogP contribution is -2.51. The third kappa shape index (κ3) is 4.71. The van der Waals surface area contributed by atoms with Crippen LogP contribution in [0.5, 0.6) is 0 Å². The Bertz CT molecular complexity index is 493. The number of halogens is 1. The highest BCUT2D eigenvalue weighted by atomic mass is 35.5. The van der Waals surface area contributed by atoms with Crippen LogP contribution in [0.2, 0.25) is 5.02 Å². The minimum Gasteiger partial charge on any atom is -0.480 e. The fourth-order valence-electron chi connectivity index (χ4n) is 1.63. The van der Waals surface area contributed by atoms with Crippen molar-refractivity contribution in [2.45, 2.75) is 32.0 Å². The van der Waals surface area contributed by atoms with Gasteiger partial charge in [-0.25, -0.2) is 9.59 Å². The number of hydrogen-bond donors (Lipinski definition) is 4. The van der Waals surface area contributed by atoms with Gasteiger partial charge in [0.05, 0.1) is 12.1 Å². The van der Waals surface area contributed by atoms with Crippen molar-refractivity contribution in [2.24, 2.45) is 0 Å². The van der Waals surface area contributed by atoms with Gasteiger partial charge >= 0.3 is 12.0 Å². The van der Waals surface area contributed by atoms with Crippen LogP contribution in [0, 0.1) is 0 Å². The lowest BCUT2D eigenvalue weighted by Gasteiger charge is -2.20. The molecule has 0 bridgehead atoms. The van der Waals surface area contributed by atoms with E-state index in [0.29, 0.717) is 5.02 Å². The molecule has 6 nitrogen and oxygen atoms in total. The molecule has 2 amide bonds. The topological polar surface area (TPSA) is 98.7 Å². The summed E-state index contributed by atoms with van der Waals surface area (Å²) >= 11 is 5.85. The van der Waals surface area contributed by atoms with Gasteiger partial charge in [-0.2, -0.15) is 0 Å². The number of hydrogen-bond acceptors (Lipinski definition) is 3.